The molecule has 0 aliphatic carbocycles. The van der Waals surface area contributed by atoms with Crippen molar-refractivity contribution in [1.82, 2.24) is 0 Å². The van der Waals surface area contributed by atoms with Gasteiger partial charge in [-0.05, 0) is 45.9 Å². The molecule has 0 spiro atoms. The second-order valence-corrected chi connectivity index (χ2v) is 16.2. The van der Waals surface area contributed by atoms with Gasteiger partial charge in [0, 0.05) is 20.8 Å². The molecule has 0 saturated heterocycles. The van der Waals surface area contributed by atoms with E-state index in [0.717, 1.165) is 54.0 Å². The van der Waals surface area contributed by atoms with Gasteiger partial charge in [-0.15, -0.1) is 4.40 Å². The first-order chi connectivity index (χ1) is 21.4. The molecule has 0 aromatic heterocycles. The van der Waals surface area contributed by atoms with Gasteiger partial charge in [-0.2, -0.15) is 0 Å². The number of sulfonamides is 1. The van der Waals surface area contributed by atoms with E-state index < -0.39 is 16.9 Å². The van der Waals surface area contributed by atoms with Crippen LogP contribution < -0.4 is 21.2 Å². The Balaban J connectivity index is 1.85. The molecule has 0 aliphatic heterocycles. The Hall–Kier alpha value is -4.22. The first-order valence-corrected chi connectivity index (χ1v) is 18.5. The minimum atomic E-state index is -3.85. The smallest absolute Gasteiger partial charge is 0.252 e. The van der Waals surface area contributed by atoms with Crippen LogP contribution in [0.5, 0.6) is 0 Å². The highest BCUT2D eigenvalue weighted by atomic mass is 79.9. The fourth-order valence-corrected chi connectivity index (χ4v) is 11.2. The van der Waals surface area contributed by atoms with Crippen LogP contribution in [0.15, 0.2) is 167 Å². The standard InChI is InChI=1S/C37H30BrN2O2PS/c1-44(41,42)40-37(39-35-27-26-34(38)32-24-14-15-25-33(32)35)36(28-16-6-2-7-17-28)43(29-18-8-3-9-19-29,30-20-10-4-11-21-30)31-22-12-5-13-23-31/h2-27H,1H3,(H,39,40). The molecule has 218 valence electrons. The van der Waals surface area contributed by atoms with Crippen LogP contribution in [0.2, 0.25) is 0 Å². The molecule has 7 heteroatoms. The molecule has 6 aromatic carbocycles. The first-order valence-electron chi connectivity index (χ1n) is 14.1. The summed E-state index contributed by atoms with van der Waals surface area (Å²) in [7, 11) is -3.85. The third kappa shape index (κ3) is 5.94. The Morgan fingerprint density at radius 1 is 0.591 bits per heavy atom. The molecule has 6 rings (SSSR count). The van der Waals surface area contributed by atoms with Crippen LogP contribution >= 0.6 is 22.8 Å². The molecule has 0 bridgehead atoms. The van der Waals surface area contributed by atoms with Gasteiger partial charge >= 0.3 is 0 Å². The highest BCUT2D eigenvalue weighted by Crippen LogP contribution is 2.48. The molecular formula is C37H30BrN2O2PS. The number of fused-ring (bicyclic) bond motifs is 1. The Kier molecular flexibility index (Phi) is 8.67. The third-order valence-electron chi connectivity index (χ3n) is 7.42. The molecule has 0 atom stereocenters. The van der Waals surface area contributed by atoms with E-state index in [1.54, 1.807) is 0 Å². The van der Waals surface area contributed by atoms with Crippen LogP contribution in [-0.2, 0) is 10.0 Å². The number of hydrogen-bond acceptors (Lipinski definition) is 2. The lowest BCUT2D eigenvalue weighted by atomic mass is 10.1. The molecule has 44 heavy (non-hydrogen) atoms. The molecule has 0 aliphatic rings. The topological polar surface area (TPSA) is 58.5 Å². The molecule has 4 nitrogen and oxygen atoms in total. The van der Waals surface area contributed by atoms with Crippen molar-refractivity contribution in [2.75, 3.05) is 11.6 Å². The Morgan fingerprint density at radius 2 is 1.02 bits per heavy atom. The highest BCUT2D eigenvalue weighted by molar-refractivity contribution is 9.10. The fraction of sp³-hybridized carbons (Fsp3) is 0.0270. The van der Waals surface area contributed by atoms with Crippen molar-refractivity contribution in [2.45, 2.75) is 0 Å². The average Bonchev–Trinajstić information content (AvgIpc) is 3.06. The van der Waals surface area contributed by atoms with Crippen LogP contribution in [0.4, 0.5) is 5.69 Å². The zero-order valence-corrected chi connectivity index (χ0v) is 27.3. The summed E-state index contributed by atoms with van der Waals surface area (Å²) >= 11 is 3.68. The summed E-state index contributed by atoms with van der Waals surface area (Å²) in [5, 5.41) is 9.58. The fourth-order valence-electron chi connectivity index (χ4n) is 5.66. The monoisotopic (exact) mass is 676 g/mol. The number of halogens is 1. The van der Waals surface area contributed by atoms with Crippen molar-refractivity contribution in [2.24, 2.45) is 4.40 Å². The summed E-state index contributed by atoms with van der Waals surface area (Å²) in [4.78, 5) is 0. The van der Waals surface area contributed by atoms with E-state index in [1.165, 1.54) is 0 Å². The maximum Gasteiger partial charge on any atom is 0.252 e. The van der Waals surface area contributed by atoms with Gasteiger partial charge in [-0.1, -0.05) is 162 Å². The number of rotatable bonds is 7. The number of amidine groups is 1. The highest BCUT2D eigenvalue weighted by Gasteiger charge is 2.34. The van der Waals surface area contributed by atoms with Gasteiger partial charge in [-0.25, -0.2) is 8.42 Å². The van der Waals surface area contributed by atoms with Crippen molar-refractivity contribution in [3.8, 4) is 0 Å². The molecule has 1 N–H and O–H groups in total. The number of hydrogen-bond donors (Lipinski definition) is 1. The summed E-state index contributed by atoms with van der Waals surface area (Å²) in [5.41, 5.74) is 1.64. The van der Waals surface area contributed by atoms with Gasteiger partial charge in [-0.3, -0.25) is 0 Å². The minimum Gasteiger partial charge on any atom is -0.338 e. The lowest BCUT2D eigenvalue weighted by molar-refractivity contribution is 0.604. The molecule has 0 radical (unpaired) electrons. The molecule has 0 heterocycles. The molecular weight excluding hydrogens is 647 g/mol. The molecule has 6 aromatic rings. The van der Waals surface area contributed by atoms with E-state index in [0.29, 0.717) is 0 Å². The molecule has 0 fully saturated rings. The van der Waals surface area contributed by atoms with E-state index in [-0.39, 0.29) is 5.84 Å². The number of nitrogens with zero attached hydrogens (tertiary/aromatic N) is 1. The van der Waals surface area contributed by atoms with Gasteiger partial charge < -0.3 is 5.32 Å². The molecule has 0 saturated carbocycles. The van der Waals surface area contributed by atoms with Crippen LogP contribution in [0.1, 0.15) is 5.56 Å². The third-order valence-corrected chi connectivity index (χ3v) is 13.0. The van der Waals surface area contributed by atoms with E-state index >= 15 is 0 Å². The Morgan fingerprint density at radius 3 is 1.50 bits per heavy atom. The van der Waals surface area contributed by atoms with E-state index in [4.69, 9.17) is 0 Å². The van der Waals surface area contributed by atoms with Crippen molar-refractivity contribution in [3.63, 3.8) is 0 Å². The lowest BCUT2D eigenvalue weighted by Gasteiger charge is -2.34. The molecule has 0 amide bonds. The zero-order valence-electron chi connectivity index (χ0n) is 24.0. The van der Waals surface area contributed by atoms with Crippen molar-refractivity contribution in [1.29, 1.82) is 0 Å². The SMILES string of the molecule is CS(=O)(=O)/N=C(/Nc1ccc(Br)c2ccccc12)C(c1ccccc1)=P(c1ccccc1)(c1ccccc1)c1ccccc1. The second-order valence-electron chi connectivity index (χ2n) is 10.3. The van der Waals surface area contributed by atoms with Crippen molar-refractivity contribution >= 4 is 76.3 Å². The molecule has 0 unspecified atom stereocenters. The predicted molar refractivity (Wildman–Crippen MR) is 193 cm³/mol. The van der Waals surface area contributed by atoms with Crippen LogP contribution in [0, 0.1) is 0 Å². The Bertz CT molecular complexity index is 2020. The van der Waals surface area contributed by atoms with Gasteiger partial charge in [0.15, 0.2) is 5.84 Å². The van der Waals surface area contributed by atoms with Crippen molar-refractivity contribution < 1.29 is 8.42 Å². The minimum absolute atomic E-state index is 0.288. The van der Waals surface area contributed by atoms with Gasteiger partial charge in [0.2, 0.25) is 0 Å². The number of benzene rings is 6. The average molecular weight is 678 g/mol. The summed E-state index contributed by atoms with van der Waals surface area (Å²) in [6.07, 6.45) is 1.14. The summed E-state index contributed by atoms with van der Waals surface area (Å²) in [5.74, 6) is 0.288. The first kappa shape index (κ1) is 29.8. The van der Waals surface area contributed by atoms with E-state index in [9.17, 15) is 8.42 Å². The normalized spacial score (nSPS) is 12.2. The maximum atomic E-state index is 13.2. The van der Waals surface area contributed by atoms with E-state index in [1.807, 2.05) is 121 Å². The number of anilines is 1. The van der Waals surface area contributed by atoms with Gasteiger partial charge in [0.05, 0.1) is 6.26 Å². The quantitative estimate of drug-likeness (QED) is 0.108. The number of nitrogens with one attached hydrogen (secondary N) is 1. The zero-order chi connectivity index (χ0) is 30.6. The van der Waals surface area contributed by atoms with Crippen LogP contribution in [-0.4, -0.2) is 25.8 Å². The van der Waals surface area contributed by atoms with Gasteiger partial charge in [0.1, 0.15) is 0 Å². The summed E-state index contributed by atoms with van der Waals surface area (Å²) in [6, 6.07) is 53.1. The Labute approximate surface area is 267 Å². The van der Waals surface area contributed by atoms with Crippen LogP contribution in [0.3, 0.4) is 0 Å². The van der Waals surface area contributed by atoms with Crippen LogP contribution in [0.25, 0.3) is 10.8 Å². The van der Waals surface area contributed by atoms with Crippen molar-refractivity contribution in [3.05, 3.63) is 168 Å². The summed E-state index contributed by atoms with van der Waals surface area (Å²) < 4.78 is 31.8. The second kappa shape index (κ2) is 12.8. The lowest BCUT2D eigenvalue weighted by Crippen LogP contribution is -2.37. The van der Waals surface area contributed by atoms with Gasteiger partial charge in [0.25, 0.3) is 10.0 Å². The largest absolute Gasteiger partial charge is 0.338 e. The van der Waals surface area contributed by atoms with E-state index in [2.05, 4.69) is 62.0 Å². The summed E-state index contributed by atoms with van der Waals surface area (Å²) in [6.45, 7) is -2.78. The predicted octanol–water partition coefficient (Wildman–Crippen LogP) is 7.59. The maximum absolute atomic E-state index is 13.2.